The van der Waals surface area contributed by atoms with E-state index in [0.29, 0.717) is 11.4 Å². The first-order valence-corrected chi connectivity index (χ1v) is 6.82. The number of benzene rings is 1. The van der Waals surface area contributed by atoms with Crippen molar-refractivity contribution in [1.82, 2.24) is 9.80 Å². The second-order valence-corrected chi connectivity index (χ2v) is 5.52. The molecule has 1 saturated heterocycles. The second-order valence-electron chi connectivity index (χ2n) is 4.99. The first-order valence-electron chi connectivity index (χ1n) is 6.41. The average Bonchev–Trinajstić information content (AvgIpc) is 2.34. The first-order chi connectivity index (χ1) is 8.65. The Kier molecular flexibility index (Phi) is 4.69. The van der Waals surface area contributed by atoms with Crippen molar-refractivity contribution in [3.05, 3.63) is 35.4 Å². The normalized spacial score (nSPS) is 17.8. The molecule has 1 aromatic rings. The lowest BCUT2D eigenvalue weighted by Crippen LogP contribution is -2.44. The summed E-state index contributed by atoms with van der Waals surface area (Å²) in [6, 6.07) is 8.46. The topological polar surface area (TPSA) is 32.5 Å². The van der Waals surface area contributed by atoms with Gasteiger partial charge in [-0.2, -0.15) is 0 Å². The number of thiocarbonyl (C=S) groups is 1. The maximum Gasteiger partial charge on any atom is 0.0771 e. The molecule has 0 bridgehead atoms. The van der Waals surface area contributed by atoms with Crippen LogP contribution in [-0.2, 0) is 13.0 Å². The Morgan fingerprint density at radius 3 is 2.39 bits per heavy atom. The highest BCUT2D eigenvalue weighted by Crippen LogP contribution is 2.14. The zero-order valence-corrected chi connectivity index (χ0v) is 11.7. The summed E-state index contributed by atoms with van der Waals surface area (Å²) < 4.78 is 0. The lowest BCUT2D eigenvalue weighted by atomic mass is 10.0. The number of hydrogen-bond acceptors (Lipinski definition) is 3. The highest BCUT2D eigenvalue weighted by molar-refractivity contribution is 7.80. The summed E-state index contributed by atoms with van der Waals surface area (Å²) in [6.45, 7) is 5.58. The molecule has 1 aromatic carbocycles. The molecule has 1 aliphatic rings. The van der Waals surface area contributed by atoms with E-state index < -0.39 is 0 Å². The quantitative estimate of drug-likeness (QED) is 0.829. The van der Waals surface area contributed by atoms with Crippen LogP contribution in [0.4, 0.5) is 0 Å². The van der Waals surface area contributed by atoms with Crippen LogP contribution in [0.25, 0.3) is 0 Å². The van der Waals surface area contributed by atoms with Gasteiger partial charge in [0.25, 0.3) is 0 Å². The predicted molar refractivity (Wildman–Crippen MR) is 79.7 cm³/mol. The van der Waals surface area contributed by atoms with Gasteiger partial charge < -0.3 is 10.6 Å². The Bertz CT molecular complexity index is 411. The molecule has 0 radical (unpaired) electrons. The van der Waals surface area contributed by atoms with Crippen LogP contribution in [0, 0.1) is 0 Å². The van der Waals surface area contributed by atoms with Crippen LogP contribution >= 0.6 is 12.2 Å². The Morgan fingerprint density at radius 2 is 1.78 bits per heavy atom. The molecule has 0 spiro atoms. The molecule has 1 fully saturated rings. The van der Waals surface area contributed by atoms with Gasteiger partial charge in [-0.15, -0.1) is 0 Å². The van der Waals surface area contributed by atoms with Crippen LogP contribution in [-0.4, -0.2) is 48.0 Å². The number of hydrogen-bond donors (Lipinski definition) is 1. The van der Waals surface area contributed by atoms with E-state index >= 15 is 0 Å². The van der Waals surface area contributed by atoms with E-state index in [1.54, 1.807) is 0 Å². The van der Waals surface area contributed by atoms with Crippen molar-refractivity contribution in [2.75, 3.05) is 33.2 Å². The van der Waals surface area contributed by atoms with E-state index in [9.17, 15) is 0 Å². The summed E-state index contributed by atoms with van der Waals surface area (Å²) in [7, 11) is 2.18. The van der Waals surface area contributed by atoms with E-state index in [-0.39, 0.29) is 0 Å². The van der Waals surface area contributed by atoms with Crippen LogP contribution in [0.15, 0.2) is 24.3 Å². The molecule has 3 nitrogen and oxygen atoms in total. The molecule has 1 heterocycles. The molecule has 2 rings (SSSR count). The minimum absolute atomic E-state index is 0.570. The summed E-state index contributed by atoms with van der Waals surface area (Å²) in [5.41, 5.74) is 8.28. The summed E-state index contributed by atoms with van der Waals surface area (Å²) in [5, 5.41) is 0. The molecule has 0 unspecified atom stereocenters. The van der Waals surface area contributed by atoms with Gasteiger partial charge >= 0.3 is 0 Å². The van der Waals surface area contributed by atoms with E-state index in [0.717, 1.165) is 32.7 Å². The van der Waals surface area contributed by atoms with Crippen molar-refractivity contribution in [3.63, 3.8) is 0 Å². The maximum atomic E-state index is 5.66. The highest BCUT2D eigenvalue weighted by atomic mass is 32.1. The van der Waals surface area contributed by atoms with Gasteiger partial charge in [-0.05, 0) is 18.2 Å². The summed E-state index contributed by atoms with van der Waals surface area (Å²) in [4.78, 5) is 5.44. The Labute approximate surface area is 115 Å². The van der Waals surface area contributed by atoms with Crippen molar-refractivity contribution in [3.8, 4) is 0 Å². The van der Waals surface area contributed by atoms with Gasteiger partial charge in [0.1, 0.15) is 0 Å². The summed E-state index contributed by atoms with van der Waals surface area (Å²) in [5.74, 6) is 0. The molecule has 1 aliphatic heterocycles. The number of rotatable bonds is 4. The first kappa shape index (κ1) is 13.5. The van der Waals surface area contributed by atoms with E-state index in [4.69, 9.17) is 18.0 Å². The third-order valence-corrected chi connectivity index (χ3v) is 3.62. The van der Waals surface area contributed by atoms with E-state index in [1.807, 2.05) is 0 Å². The molecular formula is C14H21N3S. The molecular weight excluding hydrogens is 242 g/mol. The number of likely N-dealkylation sites (N-methyl/N-ethyl adjacent to an activating group) is 1. The van der Waals surface area contributed by atoms with Crippen molar-refractivity contribution in [1.29, 1.82) is 0 Å². The van der Waals surface area contributed by atoms with Crippen LogP contribution in [0.3, 0.4) is 0 Å². The molecule has 0 aliphatic carbocycles. The van der Waals surface area contributed by atoms with Crippen molar-refractivity contribution < 1.29 is 0 Å². The van der Waals surface area contributed by atoms with Crippen LogP contribution in [0.5, 0.6) is 0 Å². The molecule has 98 valence electrons. The largest absolute Gasteiger partial charge is 0.393 e. The zero-order chi connectivity index (χ0) is 13.0. The SMILES string of the molecule is CN1CCN(Cc2ccccc2CC(N)=S)CC1. The fourth-order valence-corrected chi connectivity index (χ4v) is 2.47. The summed E-state index contributed by atoms with van der Waals surface area (Å²) in [6.07, 6.45) is 0.708. The monoisotopic (exact) mass is 263 g/mol. The van der Waals surface area contributed by atoms with Crippen molar-refractivity contribution >= 4 is 17.2 Å². The second kappa shape index (κ2) is 6.27. The van der Waals surface area contributed by atoms with E-state index in [2.05, 4.69) is 41.1 Å². The van der Waals surface area contributed by atoms with E-state index in [1.165, 1.54) is 11.1 Å². The minimum Gasteiger partial charge on any atom is -0.393 e. The number of nitrogens with zero attached hydrogens (tertiary/aromatic N) is 2. The smallest absolute Gasteiger partial charge is 0.0771 e. The zero-order valence-electron chi connectivity index (χ0n) is 10.9. The molecule has 0 aromatic heterocycles. The molecule has 18 heavy (non-hydrogen) atoms. The van der Waals surface area contributed by atoms with Gasteiger partial charge in [0.2, 0.25) is 0 Å². The molecule has 4 heteroatoms. The average molecular weight is 263 g/mol. The molecule has 0 amide bonds. The fraction of sp³-hybridized carbons (Fsp3) is 0.500. The van der Waals surface area contributed by atoms with Crippen molar-refractivity contribution in [2.45, 2.75) is 13.0 Å². The maximum absolute atomic E-state index is 5.66. The number of nitrogens with two attached hydrogens (primary N) is 1. The molecule has 0 saturated carbocycles. The predicted octanol–water partition coefficient (Wildman–Crippen LogP) is 1.26. The van der Waals surface area contributed by atoms with Crippen LogP contribution in [0.1, 0.15) is 11.1 Å². The Hall–Kier alpha value is -0.970. The van der Waals surface area contributed by atoms with Crippen LogP contribution < -0.4 is 5.73 Å². The van der Waals surface area contributed by atoms with Crippen LogP contribution in [0.2, 0.25) is 0 Å². The van der Waals surface area contributed by atoms with Crippen molar-refractivity contribution in [2.24, 2.45) is 5.73 Å². The fourth-order valence-electron chi connectivity index (χ4n) is 2.32. The molecule has 0 atom stereocenters. The lowest BCUT2D eigenvalue weighted by molar-refractivity contribution is 0.148. The van der Waals surface area contributed by atoms with Gasteiger partial charge in [-0.3, -0.25) is 4.90 Å². The minimum atomic E-state index is 0.570. The van der Waals surface area contributed by atoms with Gasteiger partial charge in [-0.1, -0.05) is 36.5 Å². The molecule has 2 N–H and O–H groups in total. The Balaban J connectivity index is 2.02. The lowest BCUT2D eigenvalue weighted by Gasteiger charge is -2.32. The highest BCUT2D eigenvalue weighted by Gasteiger charge is 2.15. The third kappa shape index (κ3) is 3.77. The van der Waals surface area contributed by atoms with Gasteiger partial charge in [0.15, 0.2) is 0 Å². The van der Waals surface area contributed by atoms with Gasteiger partial charge in [0.05, 0.1) is 4.99 Å². The third-order valence-electron chi connectivity index (χ3n) is 3.47. The summed E-state index contributed by atoms with van der Waals surface area (Å²) >= 11 is 5.01. The standard InChI is InChI=1S/C14H21N3S/c1-16-6-8-17(9-7-16)11-13-5-3-2-4-12(13)10-14(15)18/h2-5H,6-11H2,1H3,(H2,15,18). The number of piperazine rings is 1. The van der Waals surface area contributed by atoms with Gasteiger partial charge in [-0.25, -0.2) is 0 Å². The Morgan fingerprint density at radius 1 is 1.17 bits per heavy atom. The van der Waals surface area contributed by atoms with Gasteiger partial charge in [0, 0.05) is 39.1 Å².